The summed E-state index contributed by atoms with van der Waals surface area (Å²) < 4.78 is 5.63. The number of Topliss-reactive ketones (excluding diaryl/α,β-unsaturated/α-hetero) is 1. The van der Waals surface area contributed by atoms with Crippen LogP contribution in [0, 0.1) is 10.8 Å². The van der Waals surface area contributed by atoms with Crippen molar-refractivity contribution in [3.8, 4) is 0 Å². The average Bonchev–Trinajstić information content (AvgIpc) is 3.05. The Morgan fingerprint density at radius 2 is 1.79 bits per heavy atom. The van der Waals surface area contributed by atoms with Crippen LogP contribution in [0.15, 0.2) is 32.9 Å². The molecule has 0 unspecified atom stereocenters. The van der Waals surface area contributed by atoms with Gasteiger partial charge in [0.05, 0.1) is 6.54 Å². The first-order chi connectivity index (χ1) is 11.7. The van der Waals surface area contributed by atoms with Gasteiger partial charge in [-0.3, -0.25) is 4.79 Å². The fourth-order valence-electron chi connectivity index (χ4n) is 5.80. The minimum atomic E-state index is -0.162. The molecule has 1 saturated heterocycles. The highest BCUT2D eigenvalue weighted by Crippen LogP contribution is 2.57. The summed E-state index contributed by atoms with van der Waals surface area (Å²) in [6.45, 7) is 2.09. The summed E-state index contributed by atoms with van der Waals surface area (Å²) >= 11 is 0. The highest BCUT2D eigenvalue weighted by Gasteiger charge is 2.53. The standard InChI is InChI=1S/C19H25N3O2/c23-15-11-18(4-2-1-3-5-18)10-14-16(15)19(6-8-24-9-7-19)13-12-20-22-17(13)21-14/h21H,1-12H2. The third-order valence-corrected chi connectivity index (χ3v) is 6.94. The van der Waals surface area contributed by atoms with Crippen LogP contribution in [0.4, 0.5) is 0 Å². The summed E-state index contributed by atoms with van der Waals surface area (Å²) in [5.41, 5.74) is 3.49. The maximum atomic E-state index is 13.3. The number of allylic oxidation sites excluding steroid dienone is 2. The lowest BCUT2D eigenvalue weighted by Gasteiger charge is -2.49. The van der Waals surface area contributed by atoms with Gasteiger partial charge in [0.25, 0.3) is 0 Å². The summed E-state index contributed by atoms with van der Waals surface area (Å²) in [6, 6.07) is 0. The van der Waals surface area contributed by atoms with Crippen LogP contribution >= 0.6 is 0 Å². The maximum Gasteiger partial charge on any atom is 0.162 e. The maximum absolute atomic E-state index is 13.3. The van der Waals surface area contributed by atoms with E-state index in [2.05, 4.69) is 15.5 Å². The minimum absolute atomic E-state index is 0.162. The van der Waals surface area contributed by atoms with Crippen LogP contribution in [0.3, 0.4) is 0 Å². The first-order valence-corrected chi connectivity index (χ1v) is 9.45. The summed E-state index contributed by atoms with van der Waals surface area (Å²) in [6.07, 6.45) is 9.80. The van der Waals surface area contributed by atoms with Crippen molar-refractivity contribution in [1.82, 2.24) is 5.32 Å². The molecule has 2 spiro atoms. The first-order valence-electron chi connectivity index (χ1n) is 9.45. The Bertz CT molecular complexity index is 677. The van der Waals surface area contributed by atoms with Crippen LogP contribution in [0.1, 0.15) is 57.8 Å². The number of ether oxygens (including phenoxy) is 1. The van der Waals surface area contributed by atoms with Gasteiger partial charge in [-0.05, 0) is 37.5 Å². The fourth-order valence-corrected chi connectivity index (χ4v) is 5.80. The molecule has 0 aromatic rings. The molecule has 3 heterocycles. The second-order valence-electron chi connectivity index (χ2n) is 8.24. The van der Waals surface area contributed by atoms with E-state index in [0.717, 1.165) is 56.0 Å². The Balaban J connectivity index is 1.59. The number of hydrogen-bond acceptors (Lipinski definition) is 5. The van der Waals surface area contributed by atoms with Gasteiger partial charge in [-0.1, -0.05) is 19.3 Å². The van der Waals surface area contributed by atoms with Gasteiger partial charge in [0, 0.05) is 41.9 Å². The molecular weight excluding hydrogens is 302 g/mol. The van der Waals surface area contributed by atoms with Crippen LogP contribution in [-0.4, -0.2) is 25.5 Å². The Morgan fingerprint density at radius 1 is 1.00 bits per heavy atom. The van der Waals surface area contributed by atoms with Crippen LogP contribution in [0.2, 0.25) is 0 Å². The third-order valence-electron chi connectivity index (χ3n) is 6.94. The Labute approximate surface area is 142 Å². The van der Waals surface area contributed by atoms with Crippen molar-refractivity contribution in [2.24, 2.45) is 21.1 Å². The quantitative estimate of drug-likeness (QED) is 0.739. The lowest BCUT2D eigenvalue weighted by atomic mass is 9.57. The number of ketones is 1. The molecule has 2 fully saturated rings. The van der Waals surface area contributed by atoms with Crippen LogP contribution in [-0.2, 0) is 9.53 Å². The van der Waals surface area contributed by atoms with E-state index in [1.54, 1.807) is 0 Å². The molecule has 24 heavy (non-hydrogen) atoms. The number of nitrogens with one attached hydrogen (secondary N) is 1. The second kappa shape index (κ2) is 5.25. The van der Waals surface area contributed by atoms with E-state index < -0.39 is 0 Å². The van der Waals surface area contributed by atoms with Gasteiger partial charge in [-0.15, -0.1) is 5.11 Å². The first kappa shape index (κ1) is 14.8. The van der Waals surface area contributed by atoms with Gasteiger partial charge in [0.15, 0.2) is 11.6 Å². The lowest BCUT2D eigenvalue weighted by molar-refractivity contribution is -0.121. The van der Waals surface area contributed by atoms with Crippen LogP contribution < -0.4 is 5.32 Å². The molecule has 1 N–H and O–H groups in total. The highest BCUT2D eigenvalue weighted by molar-refractivity contribution is 6.00. The van der Waals surface area contributed by atoms with Crippen molar-refractivity contribution in [1.29, 1.82) is 0 Å². The molecule has 5 nitrogen and oxygen atoms in total. The topological polar surface area (TPSA) is 63.0 Å². The van der Waals surface area contributed by atoms with Crippen LogP contribution in [0.5, 0.6) is 0 Å². The molecule has 0 atom stereocenters. The summed E-state index contributed by atoms with van der Waals surface area (Å²) in [5, 5.41) is 12.2. The number of azo groups is 1. The number of dihydropyridines is 1. The SMILES string of the molecule is O=C1CC2(CCCCC2)CC2=C1C1(CCOCC1)C1=C(N=NC1)N2. The smallest absolute Gasteiger partial charge is 0.162 e. The monoisotopic (exact) mass is 327 g/mol. The zero-order chi connectivity index (χ0) is 16.2. The van der Waals surface area contributed by atoms with Gasteiger partial charge in [0.2, 0.25) is 0 Å². The molecule has 5 rings (SSSR count). The lowest BCUT2D eigenvalue weighted by Crippen LogP contribution is -2.47. The van der Waals surface area contributed by atoms with E-state index in [1.165, 1.54) is 37.7 Å². The summed E-state index contributed by atoms with van der Waals surface area (Å²) in [7, 11) is 0. The van der Waals surface area contributed by atoms with Gasteiger partial charge < -0.3 is 10.1 Å². The Morgan fingerprint density at radius 3 is 2.58 bits per heavy atom. The Kier molecular flexibility index (Phi) is 3.24. The molecule has 0 radical (unpaired) electrons. The van der Waals surface area contributed by atoms with Gasteiger partial charge in [-0.2, -0.15) is 5.11 Å². The number of hydrogen-bond donors (Lipinski definition) is 1. The van der Waals surface area contributed by atoms with Crippen LogP contribution in [0.25, 0.3) is 0 Å². The predicted molar refractivity (Wildman–Crippen MR) is 89.2 cm³/mol. The number of carbonyl (C=O) groups excluding carboxylic acids is 1. The fraction of sp³-hybridized carbons (Fsp3) is 0.737. The highest BCUT2D eigenvalue weighted by atomic mass is 16.5. The molecule has 1 saturated carbocycles. The average molecular weight is 327 g/mol. The normalized spacial score (nSPS) is 30.6. The number of nitrogens with zero attached hydrogens (tertiary/aromatic N) is 2. The molecule has 0 amide bonds. The van der Waals surface area contributed by atoms with Crippen molar-refractivity contribution in [2.75, 3.05) is 19.8 Å². The van der Waals surface area contributed by atoms with E-state index in [-0.39, 0.29) is 10.8 Å². The molecular formula is C19H25N3O2. The number of fused-ring (bicyclic) bond motifs is 2. The molecule has 0 bridgehead atoms. The van der Waals surface area contributed by atoms with Crippen molar-refractivity contribution in [3.63, 3.8) is 0 Å². The summed E-state index contributed by atoms with van der Waals surface area (Å²) in [4.78, 5) is 13.3. The predicted octanol–water partition coefficient (Wildman–Crippen LogP) is 3.63. The molecule has 0 aromatic heterocycles. The van der Waals surface area contributed by atoms with Gasteiger partial charge in [-0.25, -0.2) is 0 Å². The molecule has 3 aliphatic heterocycles. The molecule has 5 heteroatoms. The van der Waals surface area contributed by atoms with E-state index >= 15 is 0 Å². The van der Waals surface area contributed by atoms with Gasteiger partial charge in [0.1, 0.15) is 0 Å². The largest absolute Gasteiger partial charge is 0.381 e. The Hall–Kier alpha value is -1.49. The zero-order valence-electron chi connectivity index (χ0n) is 14.2. The molecule has 128 valence electrons. The number of rotatable bonds is 0. The molecule has 0 aromatic carbocycles. The summed E-state index contributed by atoms with van der Waals surface area (Å²) in [5.74, 6) is 1.31. The molecule has 2 aliphatic carbocycles. The van der Waals surface area contributed by atoms with Crippen molar-refractivity contribution >= 4 is 5.78 Å². The van der Waals surface area contributed by atoms with E-state index in [0.29, 0.717) is 12.3 Å². The molecule has 5 aliphatic rings. The van der Waals surface area contributed by atoms with E-state index in [1.807, 2.05) is 0 Å². The number of carbonyl (C=O) groups is 1. The van der Waals surface area contributed by atoms with E-state index in [9.17, 15) is 4.79 Å². The minimum Gasteiger partial charge on any atom is -0.381 e. The van der Waals surface area contributed by atoms with Crippen molar-refractivity contribution < 1.29 is 9.53 Å². The van der Waals surface area contributed by atoms with Crippen molar-refractivity contribution in [3.05, 3.63) is 22.7 Å². The third kappa shape index (κ3) is 2.00. The van der Waals surface area contributed by atoms with Gasteiger partial charge >= 0.3 is 0 Å². The van der Waals surface area contributed by atoms with E-state index in [4.69, 9.17) is 4.74 Å². The second-order valence-corrected chi connectivity index (χ2v) is 8.24. The zero-order valence-corrected chi connectivity index (χ0v) is 14.2. The van der Waals surface area contributed by atoms with Crippen molar-refractivity contribution in [2.45, 2.75) is 57.8 Å².